The van der Waals surface area contributed by atoms with E-state index in [1.54, 1.807) is 7.11 Å². The highest BCUT2D eigenvalue weighted by atomic mass is 16.5. The summed E-state index contributed by atoms with van der Waals surface area (Å²) >= 11 is 0. The molecule has 1 aromatic heterocycles. The Kier molecular flexibility index (Phi) is 5.35. The number of amidine groups is 1. The van der Waals surface area contributed by atoms with Crippen molar-refractivity contribution in [1.29, 1.82) is 0 Å². The van der Waals surface area contributed by atoms with Gasteiger partial charge >= 0.3 is 6.02 Å². The van der Waals surface area contributed by atoms with Crippen LogP contribution in [0.15, 0.2) is 29.4 Å². The Morgan fingerprint density at radius 3 is 2.77 bits per heavy atom. The molecule has 0 amide bonds. The lowest BCUT2D eigenvalue weighted by Gasteiger charge is -2.32. The zero-order chi connectivity index (χ0) is 21.5. The smallest absolute Gasteiger partial charge is 0.303 e. The molecule has 31 heavy (non-hydrogen) atoms. The number of ether oxygens (including phenoxy) is 2. The lowest BCUT2D eigenvalue weighted by molar-refractivity contribution is 0.000444. The Balaban J connectivity index is 1.50. The summed E-state index contributed by atoms with van der Waals surface area (Å²) in [5, 5.41) is 7.62. The van der Waals surface area contributed by atoms with Crippen molar-refractivity contribution in [3.05, 3.63) is 35.7 Å². The Hall–Kier alpha value is -2.58. The van der Waals surface area contributed by atoms with Crippen LogP contribution in [0.4, 0.5) is 0 Å². The Morgan fingerprint density at radius 2 is 2.03 bits per heavy atom. The van der Waals surface area contributed by atoms with Gasteiger partial charge in [-0.2, -0.15) is 5.01 Å². The number of hydrogen-bond acceptors (Lipinski definition) is 7. The SMILES string of the molecule is COC1=NC(c2cn3c(n2)-c2ccc(C4CCNCC4)cc2OCC3)N(C(C)C)N1C. The average Bonchev–Trinajstić information content (AvgIpc) is 3.30. The third-order valence-electron chi connectivity index (χ3n) is 6.52. The van der Waals surface area contributed by atoms with E-state index in [9.17, 15) is 0 Å². The first-order valence-corrected chi connectivity index (χ1v) is 11.3. The number of hydrogen-bond donors (Lipinski definition) is 1. The summed E-state index contributed by atoms with van der Waals surface area (Å²) in [6.45, 7) is 7.89. The summed E-state index contributed by atoms with van der Waals surface area (Å²) in [5.74, 6) is 2.49. The fourth-order valence-electron chi connectivity index (χ4n) is 4.98. The van der Waals surface area contributed by atoms with Crippen LogP contribution in [-0.2, 0) is 11.3 Å². The minimum absolute atomic E-state index is 0.197. The highest BCUT2D eigenvalue weighted by Crippen LogP contribution is 2.38. The summed E-state index contributed by atoms with van der Waals surface area (Å²) in [7, 11) is 3.64. The number of benzene rings is 1. The van der Waals surface area contributed by atoms with Crippen LogP contribution in [0.3, 0.4) is 0 Å². The van der Waals surface area contributed by atoms with Crippen molar-refractivity contribution >= 4 is 6.02 Å². The zero-order valence-electron chi connectivity index (χ0n) is 18.8. The van der Waals surface area contributed by atoms with E-state index < -0.39 is 0 Å². The van der Waals surface area contributed by atoms with Crippen molar-refractivity contribution in [1.82, 2.24) is 24.9 Å². The van der Waals surface area contributed by atoms with Gasteiger partial charge in [0.2, 0.25) is 0 Å². The number of imidazole rings is 1. The first-order valence-electron chi connectivity index (χ1n) is 11.3. The minimum Gasteiger partial charge on any atom is -0.491 e. The molecule has 0 radical (unpaired) electrons. The molecule has 3 aliphatic heterocycles. The van der Waals surface area contributed by atoms with Gasteiger partial charge < -0.3 is 19.4 Å². The molecule has 8 nitrogen and oxygen atoms in total. The van der Waals surface area contributed by atoms with Gasteiger partial charge in [0.1, 0.15) is 23.9 Å². The van der Waals surface area contributed by atoms with Gasteiger partial charge in [-0.15, -0.1) is 0 Å². The minimum atomic E-state index is -0.197. The van der Waals surface area contributed by atoms with E-state index >= 15 is 0 Å². The van der Waals surface area contributed by atoms with E-state index in [0.717, 1.165) is 42.5 Å². The first-order chi connectivity index (χ1) is 15.1. The number of hydrazine groups is 1. The normalized spacial score (nSPS) is 22.0. The van der Waals surface area contributed by atoms with E-state index in [0.29, 0.717) is 18.5 Å². The molecule has 3 aliphatic rings. The number of rotatable bonds is 3. The second-order valence-electron chi connectivity index (χ2n) is 8.80. The third kappa shape index (κ3) is 3.57. The van der Waals surface area contributed by atoms with Crippen LogP contribution >= 0.6 is 0 Å². The molecule has 0 aliphatic carbocycles. The van der Waals surface area contributed by atoms with Crippen LogP contribution in [0.5, 0.6) is 5.75 Å². The lowest BCUT2D eigenvalue weighted by Crippen LogP contribution is -2.44. The lowest BCUT2D eigenvalue weighted by atomic mass is 9.89. The Morgan fingerprint density at radius 1 is 1.23 bits per heavy atom. The van der Waals surface area contributed by atoms with Gasteiger partial charge in [-0.25, -0.2) is 9.98 Å². The molecule has 1 unspecified atom stereocenters. The molecule has 1 N–H and O–H groups in total. The molecule has 2 aromatic rings. The van der Waals surface area contributed by atoms with Gasteiger partial charge in [-0.05, 0) is 63.4 Å². The molecule has 5 rings (SSSR count). The molecule has 0 bridgehead atoms. The summed E-state index contributed by atoms with van der Waals surface area (Å²) in [4.78, 5) is 9.85. The highest BCUT2D eigenvalue weighted by Gasteiger charge is 2.37. The second-order valence-corrected chi connectivity index (χ2v) is 8.80. The van der Waals surface area contributed by atoms with Crippen LogP contribution in [0.1, 0.15) is 50.0 Å². The summed E-state index contributed by atoms with van der Waals surface area (Å²) in [5.41, 5.74) is 3.36. The van der Waals surface area contributed by atoms with Crippen molar-refractivity contribution in [2.75, 3.05) is 33.9 Å². The number of aliphatic imine (C=N–C) groups is 1. The molecule has 1 aromatic carbocycles. The molecule has 0 saturated carbocycles. The first kappa shape index (κ1) is 20.3. The molecule has 1 saturated heterocycles. The van der Waals surface area contributed by atoms with Gasteiger partial charge in [0.15, 0.2) is 6.17 Å². The average molecular weight is 425 g/mol. The van der Waals surface area contributed by atoms with Crippen LogP contribution in [-0.4, -0.2) is 65.5 Å². The molecule has 0 spiro atoms. The van der Waals surface area contributed by atoms with Crippen LogP contribution in [0, 0.1) is 0 Å². The number of piperidine rings is 1. The van der Waals surface area contributed by atoms with Crippen molar-refractivity contribution in [2.45, 2.75) is 51.4 Å². The topological polar surface area (TPSA) is 67.2 Å². The van der Waals surface area contributed by atoms with E-state index in [1.807, 2.05) is 12.1 Å². The van der Waals surface area contributed by atoms with E-state index in [1.165, 1.54) is 18.4 Å². The maximum atomic E-state index is 6.15. The fraction of sp³-hybridized carbons (Fsp3) is 0.565. The maximum absolute atomic E-state index is 6.15. The maximum Gasteiger partial charge on any atom is 0.303 e. The molecular formula is C23H32N6O2. The Bertz CT molecular complexity index is 978. The number of aromatic nitrogens is 2. The van der Waals surface area contributed by atoms with Gasteiger partial charge in [0, 0.05) is 19.3 Å². The van der Waals surface area contributed by atoms with Crippen molar-refractivity contribution in [3.63, 3.8) is 0 Å². The third-order valence-corrected chi connectivity index (χ3v) is 6.52. The van der Waals surface area contributed by atoms with Crippen molar-refractivity contribution < 1.29 is 9.47 Å². The van der Waals surface area contributed by atoms with E-state index in [-0.39, 0.29) is 12.2 Å². The van der Waals surface area contributed by atoms with Crippen molar-refractivity contribution in [3.8, 4) is 17.1 Å². The number of methoxy groups -OCH3 is 1. The monoisotopic (exact) mass is 424 g/mol. The van der Waals surface area contributed by atoms with Crippen molar-refractivity contribution in [2.24, 2.45) is 4.99 Å². The summed E-state index contributed by atoms with van der Waals surface area (Å²) < 4.78 is 13.8. The summed E-state index contributed by atoms with van der Waals surface area (Å²) in [6.07, 6.45) is 4.28. The van der Waals surface area contributed by atoms with Crippen LogP contribution in [0.25, 0.3) is 11.4 Å². The predicted molar refractivity (Wildman–Crippen MR) is 120 cm³/mol. The number of fused-ring (bicyclic) bond motifs is 3. The molecular weight excluding hydrogens is 392 g/mol. The quantitative estimate of drug-likeness (QED) is 0.817. The largest absolute Gasteiger partial charge is 0.491 e. The molecule has 166 valence electrons. The summed E-state index contributed by atoms with van der Waals surface area (Å²) in [6, 6.07) is 7.55. The van der Waals surface area contributed by atoms with E-state index in [2.05, 4.69) is 53.1 Å². The van der Waals surface area contributed by atoms with Gasteiger partial charge in [-0.1, -0.05) is 6.07 Å². The number of nitrogens with one attached hydrogen (secondary N) is 1. The van der Waals surface area contributed by atoms with E-state index in [4.69, 9.17) is 19.5 Å². The standard InChI is InChI=1S/C23H32N6O2/c1-15(2)29-22(26-23(30-4)27(29)3)19-14-28-11-12-31-20-13-17(16-7-9-24-10-8-16)5-6-18(20)21(28)25-19/h5-6,13-16,22,24H,7-12H2,1-4H3. The van der Waals surface area contributed by atoms with Crippen LogP contribution < -0.4 is 10.1 Å². The zero-order valence-corrected chi connectivity index (χ0v) is 18.8. The molecule has 1 fully saturated rings. The second kappa shape index (κ2) is 8.16. The fourth-order valence-corrected chi connectivity index (χ4v) is 4.98. The molecule has 1 atom stereocenters. The van der Waals surface area contributed by atoms with Crippen LogP contribution in [0.2, 0.25) is 0 Å². The molecule has 4 heterocycles. The predicted octanol–water partition coefficient (Wildman–Crippen LogP) is 2.98. The molecule has 8 heteroatoms. The van der Waals surface area contributed by atoms with Gasteiger partial charge in [0.05, 0.1) is 19.2 Å². The van der Waals surface area contributed by atoms with Gasteiger partial charge in [-0.3, -0.25) is 5.01 Å². The van der Waals surface area contributed by atoms with Gasteiger partial charge in [0.25, 0.3) is 0 Å². The number of nitrogens with zero attached hydrogens (tertiary/aromatic N) is 5. The highest BCUT2D eigenvalue weighted by molar-refractivity contribution is 5.75. The Labute approximate surface area is 183 Å².